The molecule has 10 nitrogen and oxygen atoms in total. The zero-order valence-corrected chi connectivity index (χ0v) is 20.5. The Morgan fingerprint density at radius 2 is 2.06 bits per heavy atom. The fourth-order valence-electron chi connectivity index (χ4n) is 4.13. The fourth-order valence-corrected chi connectivity index (χ4v) is 4.13. The molecule has 186 valence electrons. The van der Waals surface area contributed by atoms with Crippen molar-refractivity contribution in [1.29, 1.82) is 0 Å². The third-order valence-corrected chi connectivity index (χ3v) is 6.23. The SMILES string of the molecule is CCCCCN(C)C(=O)OCc1c(-c2ccc(O[C@H]3CCC[C@@H](C(=O)O)C3)c(C)n2)nnn1C. The van der Waals surface area contributed by atoms with E-state index in [1.807, 2.05) is 13.0 Å². The van der Waals surface area contributed by atoms with Crippen LogP contribution < -0.4 is 4.74 Å². The molecule has 1 amide bonds. The van der Waals surface area contributed by atoms with Gasteiger partial charge < -0.3 is 19.5 Å². The van der Waals surface area contributed by atoms with Gasteiger partial charge in [0, 0.05) is 20.6 Å². The standard InChI is InChI=1S/C24H35N5O5/c1-5-6-7-13-28(3)24(32)33-15-20-22(26-27-29(20)4)19-11-12-21(16(2)25-19)34-18-10-8-9-17(14-18)23(30)31/h11-12,17-18H,5-10,13-15H2,1-4H3,(H,30,31)/t17-,18+/m1/s1. The Balaban J connectivity index is 1.66. The van der Waals surface area contributed by atoms with Crippen molar-refractivity contribution >= 4 is 12.1 Å². The molecule has 0 saturated heterocycles. The second-order valence-electron chi connectivity index (χ2n) is 8.91. The molecule has 2 heterocycles. The maximum atomic E-state index is 12.3. The topological polar surface area (TPSA) is 120 Å². The van der Waals surface area contributed by atoms with Crippen LogP contribution in [0.5, 0.6) is 5.75 Å². The number of pyridine rings is 1. The molecular weight excluding hydrogens is 438 g/mol. The van der Waals surface area contributed by atoms with Crippen molar-refractivity contribution in [2.75, 3.05) is 13.6 Å². The number of hydrogen-bond acceptors (Lipinski definition) is 7. The molecule has 0 aliphatic heterocycles. The van der Waals surface area contributed by atoms with Crippen molar-refractivity contribution in [3.05, 3.63) is 23.5 Å². The fraction of sp³-hybridized carbons (Fsp3) is 0.625. The van der Waals surface area contributed by atoms with Crippen LogP contribution in [0.15, 0.2) is 12.1 Å². The van der Waals surface area contributed by atoms with Gasteiger partial charge in [0.2, 0.25) is 0 Å². The van der Waals surface area contributed by atoms with E-state index in [0.29, 0.717) is 47.9 Å². The lowest BCUT2D eigenvalue weighted by molar-refractivity contribution is -0.143. The summed E-state index contributed by atoms with van der Waals surface area (Å²) in [6.45, 7) is 4.65. The highest BCUT2D eigenvalue weighted by molar-refractivity contribution is 5.70. The Labute approximate surface area is 200 Å². The number of carboxylic acids is 1. The normalized spacial score (nSPS) is 17.9. The van der Waals surface area contributed by atoms with Crippen LogP contribution in [-0.4, -0.2) is 61.7 Å². The van der Waals surface area contributed by atoms with Crippen LogP contribution in [0.3, 0.4) is 0 Å². The summed E-state index contributed by atoms with van der Waals surface area (Å²) < 4.78 is 13.2. The lowest BCUT2D eigenvalue weighted by Gasteiger charge is -2.27. The highest BCUT2D eigenvalue weighted by Gasteiger charge is 2.28. The number of rotatable bonds is 10. The second-order valence-corrected chi connectivity index (χ2v) is 8.91. The van der Waals surface area contributed by atoms with Crippen LogP contribution >= 0.6 is 0 Å². The van der Waals surface area contributed by atoms with Crippen LogP contribution in [0, 0.1) is 12.8 Å². The minimum Gasteiger partial charge on any atom is -0.489 e. The molecule has 0 aromatic carbocycles. The maximum Gasteiger partial charge on any atom is 0.409 e. The number of ether oxygens (including phenoxy) is 2. The smallest absolute Gasteiger partial charge is 0.409 e. The van der Waals surface area contributed by atoms with E-state index in [2.05, 4.69) is 22.2 Å². The number of hydrogen-bond donors (Lipinski definition) is 1. The first-order valence-electron chi connectivity index (χ1n) is 11.9. The zero-order chi connectivity index (χ0) is 24.7. The van der Waals surface area contributed by atoms with Gasteiger partial charge in [-0.3, -0.25) is 4.79 Å². The summed E-state index contributed by atoms with van der Waals surface area (Å²) in [5.74, 6) is -0.492. The molecule has 2 aromatic rings. The summed E-state index contributed by atoms with van der Waals surface area (Å²) in [6, 6.07) is 3.63. The molecule has 3 rings (SSSR count). The summed E-state index contributed by atoms with van der Waals surface area (Å²) in [4.78, 5) is 29.9. The van der Waals surface area contributed by atoms with Gasteiger partial charge in [-0.25, -0.2) is 14.5 Å². The van der Waals surface area contributed by atoms with Crippen molar-refractivity contribution in [3.8, 4) is 17.1 Å². The highest BCUT2D eigenvalue weighted by Crippen LogP contribution is 2.30. The van der Waals surface area contributed by atoms with Crippen molar-refractivity contribution in [2.24, 2.45) is 13.0 Å². The Morgan fingerprint density at radius 1 is 1.26 bits per heavy atom. The Bertz CT molecular complexity index is 992. The number of carbonyl (C=O) groups excluding carboxylic acids is 1. The van der Waals surface area contributed by atoms with Crippen LogP contribution in [0.1, 0.15) is 63.3 Å². The zero-order valence-electron chi connectivity index (χ0n) is 20.5. The second kappa shape index (κ2) is 11.8. The van der Waals surface area contributed by atoms with Crippen LogP contribution in [0.4, 0.5) is 4.79 Å². The van der Waals surface area contributed by atoms with Crippen molar-refractivity contribution < 1.29 is 24.2 Å². The van der Waals surface area contributed by atoms with E-state index in [1.165, 1.54) is 0 Å². The van der Waals surface area contributed by atoms with Crippen LogP contribution in [-0.2, 0) is 23.2 Å². The van der Waals surface area contributed by atoms with Gasteiger partial charge in [0.15, 0.2) is 0 Å². The third-order valence-electron chi connectivity index (χ3n) is 6.23. The number of nitrogens with zero attached hydrogens (tertiary/aromatic N) is 5. The predicted octanol–water partition coefficient (Wildman–Crippen LogP) is 3.97. The van der Waals surface area contributed by atoms with Gasteiger partial charge in [0.05, 0.1) is 23.4 Å². The molecule has 0 unspecified atom stereocenters. The van der Waals surface area contributed by atoms with E-state index >= 15 is 0 Å². The molecule has 0 radical (unpaired) electrons. The molecule has 1 fully saturated rings. The molecule has 34 heavy (non-hydrogen) atoms. The number of aryl methyl sites for hydroxylation is 2. The summed E-state index contributed by atoms with van der Waals surface area (Å²) in [6.07, 6.45) is 5.44. The van der Waals surface area contributed by atoms with Crippen molar-refractivity contribution in [1.82, 2.24) is 24.9 Å². The number of carboxylic acid groups (broad SMARTS) is 1. The molecule has 1 saturated carbocycles. The molecule has 1 aliphatic rings. The molecule has 2 aromatic heterocycles. The summed E-state index contributed by atoms with van der Waals surface area (Å²) in [5, 5.41) is 17.6. The molecule has 0 spiro atoms. The van der Waals surface area contributed by atoms with Crippen molar-refractivity contribution in [3.63, 3.8) is 0 Å². The van der Waals surface area contributed by atoms with Crippen LogP contribution in [0.2, 0.25) is 0 Å². The molecule has 0 bridgehead atoms. The average Bonchev–Trinajstić information content (AvgIpc) is 3.19. The van der Waals surface area contributed by atoms with E-state index in [9.17, 15) is 14.7 Å². The highest BCUT2D eigenvalue weighted by atomic mass is 16.6. The first-order chi connectivity index (χ1) is 16.3. The minimum absolute atomic E-state index is 0.0351. The monoisotopic (exact) mass is 473 g/mol. The van der Waals surface area contributed by atoms with Crippen LogP contribution in [0.25, 0.3) is 11.4 Å². The number of aromatic nitrogens is 4. The number of aliphatic carboxylic acids is 1. The maximum absolute atomic E-state index is 12.3. The van der Waals surface area contributed by atoms with Gasteiger partial charge in [-0.15, -0.1) is 5.10 Å². The van der Waals surface area contributed by atoms with E-state index in [-0.39, 0.29) is 24.7 Å². The number of unbranched alkanes of at least 4 members (excludes halogenated alkanes) is 2. The Kier molecular flexibility index (Phi) is 8.84. The number of carbonyl (C=O) groups is 2. The quantitative estimate of drug-likeness (QED) is 0.515. The van der Waals surface area contributed by atoms with Gasteiger partial charge in [-0.1, -0.05) is 25.0 Å². The summed E-state index contributed by atoms with van der Waals surface area (Å²) >= 11 is 0. The van der Waals surface area contributed by atoms with Gasteiger partial charge in [-0.2, -0.15) is 0 Å². The van der Waals surface area contributed by atoms with E-state index in [4.69, 9.17) is 9.47 Å². The lowest BCUT2D eigenvalue weighted by Crippen LogP contribution is -2.29. The van der Waals surface area contributed by atoms with Gasteiger partial charge in [-0.05, 0) is 51.2 Å². The molecule has 1 N–H and O–H groups in total. The summed E-state index contributed by atoms with van der Waals surface area (Å²) in [7, 11) is 3.48. The predicted molar refractivity (Wildman–Crippen MR) is 125 cm³/mol. The van der Waals surface area contributed by atoms with Gasteiger partial charge >= 0.3 is 12.1 Å². The van der Waals surface area contributed by atoms with E-state index < -0.39 is 5.97 Å². The number of amides is 1. The van der Waals surface area contributed by atoms with Gasteiger partial charge in [0.1, 0.15) is 23.7 Å². The minimum atomic E-state index is -0.762. The van der Waals surface area contributed by atoms with Crippen molar-refractivity contribution in [2.45, 2.75) is 71.5 Å². The molecule has 1 aliphatic carbocycles. The Morgan fingerprint density at radius 3 is 2.76 bits per heavy atom. The largest absolute Gasteiger partial charge is 0.489 e. The third kappa shape index (κ3) is 6.45. The van der Waals surface area contributed by atoms with E-state index in [1.54, 1.807) is 29.7 Å². The molecule has 10 heteroatoms. The first kappa shape index (κ1) is 25.5. The first-order valence-corrected chi connectivity index (χ1v) is 11.9. The van der Waals surface area contributed by atoms with Gasteiger partial charge in [0.25, 0.3) is 0 Å². The average molecular weight is 474 g/mol. The summed E-state index contributed by atoms with van der Waals surface area (Å²) in [5.41, 5.74) is 2.47. The molecule has 2 atom stereocenters. The lowest BCUT2D eigenvalue weighted by atomic mass is 9.87. The Hall–Kier alpha value is -3.17. The van der Waals surface area contributed by atoms with E-state index in [0.717, 1.165) is 32.1 Å². The molecular formula is C24H35N5O5.